The Bertz CT molecular complexity index is 557. The summed E-state index contributed by atoms with van der Waals surface area (Å²) in [5.74, 6) is -1.39. The number of carbonyl (C=O) groups excluding carboxylic acids is 2. The van der Waals surface area contributed by atoms with Crippen molar-refractivity contribution in [2.24, 2.45) is 0 Å². The highest BCUT2D eigenvalue weighted by Crippen LogP contribution is 2.18. The normalized spacial score (nSPS) is 14.6. The molecule has 1 aromatic rings. The van der Waals surface area contributed by atoms with Crippen molar-refractivity contribution in [3.8, 4) is 0 Å². The number of nitrogens with one attached hydrogen (secondary N) is 2. The third-order valence-electron chi connectivity index (χ3n) is 3.41. The van der Waals surface area contributed by atoms with Gasteiger partial charge in [0.1, 0.15) is 12.6 Å². The third kappa shape index (κ3) is 6.37. The molecule has 0 heterocycles. The van der Waals surface area contributed by atoms with Crippen LogP contribution >= 0.6 is 0 Å². The summed E-state index contributed by atoms with van der Waals surface area (Å²) in [6.45, 7) is 0.0567. The van der Waals surface area contributed by atoms with Gasteiger partial charge in [-0.3, -0.25) is 4.79 Å². The average Bonchev–Trinajstić information content (AvgIpc) is 3.34. The van der Waals surface area contributed by atoms with Crippen molar-refractivity contribution in [2.45, 2.75) is 44.4 Å². The van der Waals surface area contributed by atoms with E-state index >= 15 is 0 Å². The van der Waals surface area contributed by atoms with Crippen LogP contribution in [0.25, 0.3) is 0 Å². The first-order valence-electron chi connectivity index (χ1n) is 7.54. The SMILES string of the molecule is O=C(CCC(NC(=O)OCc1ccccc1)C(=O)O)NC1CC1. The molecule has 3 N–H and O–H groups in total. The Morgan fingerprint density at radius 1 is 1.22 bits per heavy atom. The van der Waals surface area contributed by atoms with E-state index in [1.165, 1.54) is 0 Å². The van der Waals surface area contributed by atoms with Gasteiger partial charge in [0.25, 0.3) is 0 Å². The number of rotatable bonds is 8. The number of benzene rings is 1. The summed E-state index contributed by atoms with van der Waals surface area (Å²) < 4.78 is 4.98. The van der Waals surface area contributed by atoms with Crippen LogP contribution in [0.4, 0.5) is 4.79 Å². The van der Waals surface area contributed by atoms with E-state index in [0.717, 1.165) is 18.4 Å². The molecule has 1 aliphatic carbocycles. The van der Waals surface area contributed by atoms with E-state index < -0.39 is 18.1 Å². The van der Waals surface area contributed by atoms with Crippen LogP contribution in [0.2, 0.25) is 0 Å². The maximum absolute atomic E-state index is 11.7. The predicted molar refractivity (Wildman–Crippen MR) is 81.6 cm³/mol. The van der Waals surface area contributed by atoms with Gasteiger partial charge in [0.15, 0.2) is 0 Å². The molecule has 1 fully saturated rings. The summed E-state index contributed by atoms with van der Waals surface area (Å²) in [5, 5.41) is 14.2. The molecule has 7 nitrogen and oxygen atoms in total. The molecule has 2 amide bonds. The van der Waals surface area contributed by atoms with Crippen molar-refractivity contribution >= 4 is 18.0 Å². The van der Waals surface area contributed by atoms with Gasteiger partial charge in [-0.1, -0.05) is 30.3 Å². The van der Waals surface area contributed by atoms with Crippen molar-refractivity contribution in [1.29, 1.82) is 0 Å². The molecule has 1 aliphatic rings. The van der Waals surface area contributed by atoms with E-state index in [1.807, 2.05) is 18.2 Å². The molecule has 2 rings (SSSR count). The highest BCUT2D eigenvalue weighted by Gasteiger charge is 2.25. The summed E-state index contributed by atoms with van der Waals surface area (Å²) in [6.07, 6.45) is 1.20. The monoisotopic (exact) mass is 320 g/mol. The zero-order valence-electron chi connectivity index (χ0n) is 12.7. The number of hydrogen-bond acceptors (Lipinski definition) is 4. The van der Waals surface area contributed by atoms with Gasteiger partial charge in [0.2, 0.25) is 5.91 Å². The Kier molecular flexibility index (Phi) is 5.96. The fourth-order valence-electron chi connectivity index (χ4n) is 1.97. The van der Waals surface area contributed by atoms with E-state index in [0.29, 0.717) is 0 Å². The van der Waals surface area contributed by atoms with E-state index in [-0.39, 0.29) is 31.4 Å². The second-order valence-electron chi connectivity index (χ2n) is 5.48. The number of amides is 2. The van der Waals surface area contributed by atoms with E-state index in [4.69, 9.17) is 9.84 Å². The van der Waals surface area contributed by atoms with Gasteiger partial charge in [-0.05, 0) is 24.8 Å². The van der Waals surface area contributed by atoms with Crippen LogP contribution in [0.5, 0.6) is 0 Å². The maximum Gasteiger partial charge on any atom is 0.408 e. The molecule has 0 saturated heterocycles. The second kappa shape index (κ2) is 8.17. The summed E-state index contributed by atoms with van der Waals surface area (Å²) >= 11 is 0. The standard InChI is InChI=1S/C16H20N2O5/c19-14(17-12-6-7-12)9-8-13(15(20)21)18-16(22)23-10-11-4-2-1-3-5-11/h1-5,12-13H,6-10H2,(H,17,19)(H,18,22)(H,20,21). The van der Waals surface area contributed by atoms with Gasteiger partial charge in [-0.2, -0.15) is 0 Å². The van der Waals surface area contributed by atoms with Gasteiger partial charge < -0.3 is 20.5 Å². The summed E-state index contributed by atoms with van der Waals surface area (Å²) in [5.41, 5.74) is 0.804. The molecule has 124 valence electrons. The molecule has 23 heavy (non-hydrogen) atoms. The first-order chi connectivity index (χ1) is 11.0. The van der Waals surface area contributed by atoms with Gasteiger partial charge in [-0.25, -0.2) is 9.59 Å². The molecular weight excluding hydrogens is 300 g/mol. The molecule has 0 bridgehead atoms. The van der Waals surface area contributed by atoms with Crippen molar-refractivity contribution in [3.05, 3.63) is 35.9 Å². The second-order valence-corrected chi connectivity index (χ2v) is 5.48. The molecule has 0 aromatic heterocycles. The fourth-order valence-corrected chi connectivity index (χ4v) is 1.97. The van der Waals surface area contributed by atoms with E-state index in [1.54, 1.807) is 12.1 Å². The number of aliphatic carboxylic acids is 1. The van der Waals surface area contributed by atoms with Gasteiger partial charge in [0, 0.05) is 12.5 Å². The lowest BCUT2D eigenvalue weighted by atomic mass is 10.1. The number of ether oxygens (including phenoxy) is 1. The van der Waals surface area contributed by atoms with Crippen LogP contribution in [-0.4, -0.2) is 35.2 Å². The minimum Gasteiger partial charge on any atom is -0.480 e. The topological polar surface area (TPSA) is 105 Å². The van der Waals surface area contributed by atoms with E-state index in [2.05, 4.69) is 10.6 Å². The van der Waals surface area contributed by atoms with Crippen LogP contribution in [-0.2, 0) is 20.9 Å². The molecule has 0 aliphatic heterocycles. The lowest BCUT2D eigenvalue weighted by Crippen LogP contribution is -2.42. The number of carboxylic acid groups (broad SMARTS) is 1. The number of carbonyl (C=O) groups is 3. The Labute approximate surface area is 134 Å². The van der Waals surface area contributed by atoms with Gasteiger partial charge >= 0.3 is 12.1 Å². The first kappa shape index (κ1) is 16.8. The summed E-state index contributed by atoms with van der Waals surface area (Å²) in [6, 6.07) is 8.15. The van der Waals surface area contributed by atoms with Crippen molar-refractivity contribution in [2.75, 3.05) is 0 Å². The van der Waals surface area contributed by atoms with Crippen LogP contribution in [0.1, 0.15) is 31.2 Å². The van der Waals surface area contributed by atoms with Crippen LogP contribution < -0.4 is 10.6 Å². The van der Waals surface area contributed by atoms with Crippen molar-refractivity contribution in [3.63, 3.8) is 0 Å². The Balaban J connectivity index is 1.72. The zero-order valence-corrected chi connectivity index (χ0v) is 12.7. The van der Waals surface area contributed by atoms with Crippen LogP contribution in [0, 0.1) is 0 Å². The fraction of sp³-hybridized carbons (Fsp3) is 0.438. The molecule has 1 saturated carbocycles. The van der Waals surface area contributed by atoms with Gasteiger partial charge in [-0.15, -0.1) is 0 Å². The van der Waals surface area contributed by atoms with Crippen LogP contribution in [0.15, 0.2) is 30.3 Å². The number of hydrogen-bond donors (Lipinski definition) is 3. The smallest absolute Gasteiger partial charge is 0.408 e. The molecule has 1 unspecified atom stereocenters. The molecule has 7 heteroatoms. The van der Waals surface area contributed by atoms with E-state index in [9.17, 15) is 14.4 Å². The first-order valence-corrected chi connectivity index (χ1v) is 7.54. The quantitative estimate of drug-likeness (QED) is 0.672. The maximum atomic E-state index is 11.7. The minimum absolute atomic E-state index is 0.0221. The largest absolute Gasteiger partial charge is 0.480 e. The lowest BCUT2D eigenvalue weighted by molar-refractivity contribution is -0.139. The predicted octanol–water partition coefficient (Wildman–Crippen LogP) is 1.42. The molecule has 1 aromatic carbocycles. The van der Waals surface area contributed by atoms with Gasteiger partial charge in [0.05, 0.1) is 0 Å². The minimum atomic E-state index is -1.19. The van der Waals surface area contributed by atoms with Crippen molar-refractivity contribution in [1.82, 2.24) is 10.6 Å². The molecule has 1 atom stereocenters. The Hall–Kier alpha value is -2.57. The average molecular weight is 320 g/mol. The zero-order chi connectivity index (χ0) is 16.7. The highest BCUT2D eigenvalue weighted by atomic mass is 16.5. The Morgan fingerprint density at radius 2 is 1.91 bits per heavy atom. The molecule has 0 spiro atoms. The number of carboxylic acids is 1. The molecular formula is C16H20N2O5. The number of alkyl carbamates (subject to hydrolysis) is 1. The molecule has 0 radical (unpaired) electrons. The summed E-state index contributed by atoms with van der Waals surface area (Å²) in [7, 11) is 0. The lowest BCUT2D eigenvalue weighted by Gasteiger charge is -2.14. The van der Waals surface area contributed by atoms with Crippen LogP contribution in [0.3, 0.4) is 0 Å². The van der Waals surface area contributed by atoms with Crippen molar-refractivity contribution < 1.29 is 24.2 Å². The summed E-state index contributed by atoms with van der Waals surface area (Å²) in [4.78, 5) is 34.4. The highest BCUT2D eigenvalue weighted by molar-refractivity contribution is 5.81. The Morgan fingerprint density at radius 3 is 2.52 bits per heavy atom. The third-order valence-corrected chi connectivity index (χ3v) is 3.41.